The number of hydrogen-bond acceptors (Lipinski definition) is 3. The zero-order chi connectivity index (χ0) is 12.4. The average molecular weight is 271 g/mol. The molecule has 1 amide bonds. The number of nitrogen functional groups attached to an aromatic ring is 1. The van der Waals surface area contributed by atoms with E-state index in [1.54, 1.807) is 18.2 Å². The number of furan rings is 1. The summed E-state index contributed by atoms with van der Waals surface area (Å²) in [6.07, 6.45) is 1.34. The quantitative estimate of drug-likeness (QED) is 0.822. The molecular weight excluding hydrogens is 263 g/mol. The van der Waals surface area contributed by atoms with Crippen molar-refractivity contribution in [2.75, 3.05) is 11.1 Å². The van der Waals surface area contributed by atoms with Gasteiger partial charge in [-0.3, -0.25) is 4.79 Å². The molecule has 0 aliphatic carbocycles. The zero-order valence-electron chi connectivity index (χ0n) is 8.54. The smallest absolute Gasteiger partial charge is 0.260 e. The Bertz CT molecular complexity index is 566. The predicted octanol–water partition coefficient (Wildman–Crippen LogP) is 3.42. The van der Waals surface area contributed by atoms with E-state index in [0.29, 0.717) is 16.4 Å². The van der Waals surface area contributed by atoms with E-state index >= 15 is 0 Å². The number of nitrogens with two attached hydrogens (primary N) is 1. The van der Waals surface area contributed by atoms with Crippen molar-refractivity contribution >= 4 is 40.5 Å². The number of rotatable bonds is 2. The Hall–Kier alpha value is -1.65. The lowest BCUT2D eigenvalue weighted by Gasteiger charge is -2.07. The number of amides is 1. The van der Waals surface area contributed by atoms with E-state index < -0.39 is 5.91 Å². The van der Waals surface area contributed by atoms with Crippen molar-refractivity contribution in [3.05, 3.63) is 46.3 Å². The van der Waals surface area contributed by atoms with Crippen LogP contribution in [0.4, 0.5) is 11.4 Å². The van der Waals surface area contributed by atoms with Crippen LogP contribution in [0.1, 0.15) is 10.4 Å². The summed E-state index contributed by atoms with van der Waals surface area (Å²) in [7, 11) is 0. The molecule has 3 N–H and O–H groups in total. The first-order chi connectivity index (χ1) is 8.08. The van der Waals surface area contributed by atoms with E-state index in [2.05, 4.69) is 5.32 Å². The minimum atomic E-state index is -0.391. The Labute approximate surface area is 107 Å². The molecule has 17 heavy (non-hydrogen) atoms. The van der Waals surface area contributed by atoms with Gasteiger partial charge in [0.1, 0.15) is 0 Å². The summed E-state index contributed by atoms with van der Waals surface area (Å²) < 4.78 is 4.82. The molecule has 0 bridgehead atoms. The lowest BCUT2D eigenvalue weighted by Crippen LogP contribution is -2.12. The van der Waals surface area contributed by atoms with Gasteiger partial charge in [0.25, 0.3) is 5.91 Å². The maximum atomic E-state index is 11.8. The summed E-state index contributed by atoms with van der Waals surface area (Å²) in [6, 6.07) is 6.27. The molecule has 0 aliphatic heterocycles. The lowest BCUT2D eigenvalue weighted by atomic mass is 10.2. The number of anilines is 2. The normalized spacial score (nSPS) is 10.2. The van der Waals surface area contributed by atoms with Crippen LogP contribution in [0.3, 0.4) is 0 Å². The summed E-state index contributed by atoms with van der Waals surface area (Å²) >= 11 is 11.4. The summed E-state index contributed by atoms with van der Waals surface area (Å²) in [6.45, 7) is 0. The molecule has 0 fully saturated rings. The second-order valence-corrected chi connectivity index (χ2v) is 4.07. The van der Waals surface area contributed by atoms with Gasteiger partial charge in [0.2, 0.25) is 5.22 Å². The van der Waals surface area contributed by atoms with Gasteiger partial charge >= 0.3 is 0 Å². The van der Waals surface area contributed by atoms with E-state index in [-0.39, 0.29) is 10.8 Å². The van der Waals surface area contributed by atoms with Crippen LogP contribution in [0.25, 0.3) is 0 Å². The molecule has 0 unspecified atom stereocenters. The number of hydrogen-bond donors (Lipinski definition) is 2. The van der Waals surface area contributed by atoms with Crippen molar-refractivity contribution < 1.29 is 9.21 Å². The van der Waals surface area contributed by atoms with E-state index in [4.69, 9.17) is 33.4 Å². The first-order valence-electron chi connectivity index (χ1n) is 4.67. The molecule has 88 valence electrons. The largest absolute Gasteiger partial charge is 0.452 e. The van der Waals surface area contributed by atoms with Crippen molar-refractivity contribution in [3.63, 3.8) is 0 Å². The minimum Gasteiger partial charge on any atom is -0.452 e. The Balaban J connectivity index is 2.22. The third-order valence-corrected chi connectivity index (χ3v) is 2.65. The number of carbonyl (C=O) groups is 1. The first-order valence-corrected chi connectivity index (χ1v) is 5.43. The van der Waals surface area contributed by atoms with Crippen LogP contribution in [-0.2, 0) is 0 Å². The standard InChI is InChI=1S/C11H8Cl2N2O2/c12-6-1-2-9(8(14)5-6)15-11(16)7-3-4-17-10(7)13/h1-5H,14H2,(H,15,16). The van der Waals surface area contributed by atoms with E-state index in [9.17, 15) is 4.79 Å². The molecule has 0 saturated heterocycles. The summed E-state index contributed by atoms with van der Waals surface area (Å²) in [5, 5.41) is 3.15. The highest BCUT2D eigenvalue weighted by Gasteiger charge is 2.14. The number of carbonyl (C=O) groups excluding carboxylic acids is 1. The Kier molecular flexibility index (Phi) is 3.26. The van der Waals surface area contributed by atoms with Crippen molar-refractivity contribution in [2.45, 2.75) is 0 Å². The molecule has 2 aromatic rings. The molecule has 0 spiro atoms. The fourth-order valence-corrected chi connectivity index (χ4v) is 1.67. The third-order valence-electron chi connectivity index (χ3n) is 2.12. The topological polar surface area (TPSA) is 68.3 Å². The molecule has 2 rings (SSSR count). The first kappa shape index (κ1) is 11.8. The summed E-state index contributed by atoms with van der Waals surface area (Å²) in [4.78, 5) is 11.8. The second kappa shape index (κ2) is 4.69. The average Bonchev–Trinajstić information content (AvgIpc) is 2.68. The van der Waals surface area contributed by atoms with E-state index in [1.807, 2.05) is 0 Å². The van der Waals surface area contributed by atoms with Crippen LogP contribution >= 0.6 is 23.2 Å². The van der Waals surface area contributed by atoms with Crippen molar-refractivity contribution in [1.82, 2.24) is 0 Å². The van der Waals surface area contributed by atoms with Gasteiger partial charge in [-0.25, -0.2) is 0 Å². The van der Waals surface area contributed by atoms with Crippen LogP contribution in [-0.4, -0.2) is 5.91 Å². The Morgan fingerprint density at radius 3 is 2.65 bits per heavy atom. The van der Waals surface area contributed by atoms with Gasteiger partial charge in [-0.1, -0.05) is 11.6 Å². The van der Waals surface area contributed by atoms with E-state index in [0.717, 1.165) is 0 Å². The number of halogens is 2. The zero-order valence-corrected chi connectivity index (χ0v) is 10.0. The molecule has 6 heteroatoms. The molecule has 1 heterocycles. The molecule has 0 radical (unpaired) electrons. The Morgan fingerprint density at radius 2 is 2.06 bits per heavy atom. The molecule has 1 aromatic heterocycles. The summed E-state index contributed by atoms with van der Waals surface area (Å²) in [5.41, 5.74) is 6.81. The van der Waals surface area contributed by atoms with Crippen LogP contribution in [0.15, 0.2) is 34.9 Å². The second-order valence-electron chi connectivity index (χ2n) is 3.29. The highest BCUT2D eigenvalue weighted by molar-refractivity contribution is 6.33. The fourth-order valence-electron chi connectivity index (χ4n) is 1.29. The van der Waals surface area contributed by atoms with Gasteiger partial charge in [-0.2, -0.15) is 0 Å². The molecule has 0 atom stereocenters. The maximum Gasteiger partial charge on any atom is 0.260 e. The van der Waals surface area contributed by atoms with Gasteiger partial charge in [-0.15, -0.1) is 0 Å². The predicted molar refractivity (Wildman–Crippen MR) is 67.5 cm³/mol. The van der Waals surface area contributed by atoms with Gasteiger partial charge in [0.15, 0.2) is 0 Å². The highest BCUT2D eigenvalue weighted by Crippen LogP contribution is 2.24. The fraction of sp³-hybridized carbons (Fsp3) is 0. The van der Waals surface area contributed by atoms with Crippen LogP contribution in [0.5, 0.6) is 0 Å². The molecule has 4 nitrogen and oxygen atoms in total. The molecule has 0 saturated carbocycles. The maximum absolute atomic E-state index is 11.8. The Morgan fingerprint density at radius 1 is 1.29 bits per heavy atom. The van der Waals surface area contributed by atoms with Gasteiger partial charge in [0.05, 0.1) is 23.2 Å². The molecular formula is C11H8Cl2N2O2. The minimum absolute atomic E-state index is 0.0371. The number of nitrogens with one attached hydrogen (secondary N) is 1. The lowest BCUT2D eigenvalue weighted by molar-refractivity contribution is 0.102. The van der Waals surface area contributed by atoms with Crippen LogP contribution in [0, 0.1) is 0 Å². The highest BCUT2D eigenvalue weighted by atomic mass is 35.5. The molecule has 1 aromatic carbocycles. The third kappa shape index (κ3) is 2.54. The SMILES string of the molecule is Nc1cc(Cl)ccc1NC(=O)c1ccoc1Cl. The van der Waals surface area contributed by atoms with Crippen molar-refractivity contribution in [2.24, 2.45) is 0 Å². The van der Waals surface area contributed by atoms with Crippen LogP contribution in [0.2, 0.25) is 10.2 Å². The van der Waals surface area contributed by atoms with Gasteiger partial charge in [-0.05, 0) is 35.9 Å². The summed E-state index contributed by atoms with van der Waals surface area (Å²) in [5.74, 6) is -0.391. The van der Waals surface area contributed by atoms with Gasteiger partial charge < -0.3 is 15.5 Å². The van der Waals surface area contributed by atoms with Crippen molar-refractivity contribution in [3.8, 4) is 0 Å². The monoisotopic (exact) mass is 270 g/mol. The van der Waals surface area contributed by atoms with Crippen LogP contribution < -0.4 is 11.1 Å². The molecule has 0 aliphatic rings. The van der Waals surface area contributed by atoms with E-state index in [1.165, 1.54) is 12.3 Å². The van der Waals surface area contributed by atoms with Gasteiger partial charge in [0, 0.05) is 5.02 Å². The number of benzene rings is 1. The van der Waals surface area contributed by atoms with Crippen molar-refractivity contribution in [1.29, 1.82) is 0 Å².